The number of fused-ring (bicyclic) bond motifs is 2. The number of nitriles is 1. The maximum absolute atomic E-state index is 9.16. The predicted octanol–water partition coefficient (Wildman–Crippen LogP) is 1.66. The summed E-state index contributed by atoms with van der Waals surface area (Å²) in [7, 11) is 0. The quantitative estimate of drug-likeness (QED) is 0.826. The second-order valence-corrected chi connectivity index (χ2v) is 6.61. The van der Waals surface area contributed by atoms with Crippen LogP contribution in [-0.2, 0) is 0 Å². The van der Waals surface area contributed by atoms with E-state index in [-0.39, 0.29) is 0 Å². The molecule has 3 aliphatic rings. The molecule has 2 heterocycles. The van der Waals surface area contributed by atoms with Gasteiger partial charge in [-0.15, -0.1) is 0 Å². The van der Waals surface area contributed by atoms with Crippen LogP contribution in [0.1, 0.15) is 31.4 Å². The molecule has 0 unspecified atom stereocenters. The SMILES string of the molecule is N#Cc1nccnc1N1CCN([C@@H]2C[C@H]3CC[C@H]2C3)CC1. The molecule has 2 aliphatic carbocycles. The van der Waals surface area contributed by atoms with Gasteiger partial charge in [-0.1, -0.05) is 6.42 Å². The van der Waals surface area contributed by atoms with E-state index in [4.69, 9.17) is 5.26 Å². The summed E-state index contributed by atoms with van der Waals surface area (Å²) in [5, 5.41) is 9.16. The second-order valence-electron chi connectivity index (χ2n) is 6.61. The summed E-state index contributed by atoms with van der Waals surface area (Å²) >= 11 is 0. The molecule has 3 atom stereocenters. The number of rotatable bonds is 2. The Balaban J connectivity index is 1.42. The third-order valence-corrected chi connectivity index (χ3v) is 5.57. The van der Waals surface area contributed by atoms with Crippen LogP contribution in [0.3, 0.4) is 0 Å². The number of hydrogen-bond acceptors (Lipinski definition) is 5. The van der Waals surface area contributed by atoms with Gasteiger partial charge in [0.15, 0.2) is 11.5 Å². The van der Waals surface area contributed by atoms with Crippen LogP contribution >= 0.6 is 0 Å². The van der Waals surface area contributed by atoms with E-state index in [0.717, 1.165) is 49.9 Å². The first-order valence-electron chi connectivity index (χ1n) is 8.05. The van der Waals surface area contributed by atoms with Gasteiger partial charge >= 0.3 is 0 Å². The topological polar surface area (TPSA) is 56.1 Å². The Bertz CT molecular complexity index is 558. The van der Waals surface area contributed by atoms with E-state index in [2.05, 4.69) is 25.8 Å². The summed E-state index contributed by atoms with van der Waals surface area (Å²) in [5.74, 6) is 2.71. The van der Waals surface area contributed by atoms with Gasteiger partial charge in [0.1, 0.15) is 6.07 Å². The molecule has 0 spiro atoms. The minimum absolute atomic E-state index is 0.450. The molecular formula is C16H21N5. The monoisotopic (exact) mass is 283 g/mol. The summed E-state index contributed by atoms with van der Waals surface area (Å²) in [6, 6.07) is 2.97. The summed E-state index contributed by atoms with van der Waals surface area (Å²) in [6.45, 7) is 4.10. The van der Waals surface area contributed by atoms with Crippen LogP contribution in [0.5, 0.6) is 0 Å². The van der Waals surface area contributed by atoms with Crippen molar-refractivity contribution in [3.05, 3.63) is 18.1 Å². The van der Waals surface area contributed by atoms with Crippen molar-refractivity contribution in [2.75, 3.05) is 31.1 Å². The zero-order chi connectivity index (χ0) is 14.2. The molecule has 4 rings (SSSR count). The van der Waals surface area contributed by atoms with Crippen LogP contribution < -0.4 is 4.90 Å². The molecule has 1 aromatic heterocycles. The Morgan fingerprint density at radius 3 is 2.52 bits per heavy atom. The van der Waals surface area contributed by atoms with Crippen molar-refractivity contribution < 1.29 is 0 Å². The van der Waals surface area contributed by atoms with Gasteiger partial charge in [-0.05, 0) is 31.1 Å². The Kier molecular flexibility index (Phi) is 3.27. The van der Waals surface area contributed by atoms with E-state index in [1.54, 1.807) is 12.4 Å². The molecule has 0 radical (unpaired) electrons. The molecular weight excluding hydrogens is 262 g/mol. The third-order valence-electron chi connectivity index (χ3n) is 5.57. The van der Waals surface area contributed by atoms with E-state index >= 15 is 0 Å². The number of aromatic nitrogens is 2. The molecule has 2 bridgehead atoms. The van der Waals surface area contributed by atoms with Gasteiger partial charge in [0, 0.05) is 44.6 Å². The Hall–Kier alpha value is -1.67. The molecule has 0 amide bonds. The molecule has 1 saturated heterocycles. The van der Waals surface area contributed by atoms with Crippen molar-refractivity contribution in [2.24, 2.45) is 11.8 Å². The minimum Gasteiger partial charge on any atom is -0.352 e. The molecule has 5 nitrogen and oxygen atoms in total. The zero-order valence-corrected chi connectivity index (χ0v) is 12.3. The van der Waals surface area contributed by atoms with Crippen LogP contribution in [0.15, 0.2) is 12.4 Å². The fraction of sp³-hybridized carbons (Fsp3) is 0.688. The lowest BCUT2D eigenvalue weighted by Gasteiger charge is -2.41. The van der Waals surface area contributed by atoms with Crippen molar-refractivity contribution in [1.29, 1.82) is 5.26 Å². The second kappa shape index (κ2) is 5.27. The zero-order valence-electron chi connectivity index (χ0n) is 12.3. The fourth-order valence-electron chi connectivity index (χ4n) is 4.56. The van der Waals surface area contributed by atoms with Gasteiger partial charge in [0.05, 0.1) is 0 Å². The lowest BCUT2D eigenvalue weighted by atomic mass is 9.93. The van der Waals surface area contributed by atoms with Crippen molar-refractivity contribution in [2.45, 2.75) is 31.7 Å². The largest absolute Gasteiger partial charge is 0.352 e. The van der Waals surface area contributed by atoms with Crippen LogP contribution in [0.25, 0.3) is 0 Å². The summed E-state index contributed by atoms with van der Waals surface area (Å²) in [6.07, 6.45) is 9.06. The molecule has 110 valence electrons. The first-order chi connectivity index (χ1) is 10.3. The predicted molar refractivity (Wildman–Crippen MR) is 79.8 cm³/mol. The van der Waals surface area contributed by atoms with E-state index in [9.17, 15) is 0 Å². The standard InChI is InChI=1S/C16H21N5/c17-11-14-16(19-4-3-18-14)21-7-5-20(6-8-21)15-10-12-1-2-13(15)9-12/h3-4,12-13,15H,1-2,5-10H2/t12-,13-,15+/m0/s1. The van der Waals surface area contributed by atoms with Crippen LogP contribution in [0.2, 0.25) is 0 Å². The molecule has 2 saturated carbocycles. The molecule has 21 heavy (non-hydrogen) atoms. The summed E-state index contributed by atoms with van der Waals surface area (Å²) in [5.41, 5.74) is 0.450. The molecule has 1 aliphatic heterocycles. The van der Waals surface area contributed by atoms with E-state index < -0.39 is 0 Å². The van der Waals surface area contributed by atoms with Gasteiger partial charge in [-0.25, -0.2) is 9.97 Å². The molecule has 1 aromatic rings. The van der Waals surface area contributed by atoms with Gasteiger partial charge in [0.2, 0.25) is 0 Å². The van der Waals surface area contributed by atoms with Crippen LogP contribution in [0.4, 0.5) is 5.82 Å². The van der Waals surface area contributed by atoms with Crippen LogP contribution in [-0.4, -0.2) is 47.1 Å². The smallest absolute Gasteiger partial charge is 0.183 e. The van der Waals surface area contributed by atoms with E-state index in [1.165, 1.54) is 25.7 Å². The average molecular weight is 283 g/mol. The maximum Gasteiger partial charge on any atom is 0.183 e. The molecule has 3 fully saturated rings. The Morgan fingerprint density at radius 1 is 1.05 bits per heavy atom. The lowest BCUT2D eigenvalue weighted by Crippen LogP contribution is -2.52. The lowest BCUT2D eigenvalue weighted by molar-refractivity contribution is 0.134. The number of hydrogen-bond donors (Lipinski definition) is 0. The highest BCUT2D eigenvalue weighted by molar-refractivity contribution is 5.49. The van der Waals surface area contributed by atoms with Crippen molar-refractivity contribution in [3.8, 4) is 6.07 Å². The summed E-state index contributed by atoms with van der Waals surface area (Å²) in [4.78, 5) is 13.4. The number of nitrogens with zero attached hydrogens (tertiary/aromatic N) is 5. The van der Waals surface area contributed by atoms with Crippen molar-refractivity contribution in [3.63, 3.8) is 0 Å². The summed E-state index contributed by atoms with van der Waals surface area (Å²) < 4.78 is 0. The van der Waals surface area contributed by atoms with E-state index in [0.29, 0.717) is 5.69 Å². The van der Waals surface area contributed by atoms with Crippen molar-refractivity contribution >= 4 is 5.82 Å². The number of anilines is 1. The Labute approximate surface area is 125 Å². The van der Waals surface area contributed by atoms with Gasteiger partial charge in [-0.2, -0.15) is 5.26 Å². The van der Waals surface area contributed by atoms with Crippen LogP contribution in [0, 0.1) is 23.2 Å². The highest BCUT2D eigenvalue weighted by Gasteiger charge is 2.42. The van der Waals surface area contributed by atoms with Gasteiger partial charge in [-0.3, -0.25) is 4.90 Å². The molecule has 0 N–H and O–H groups in total. The van der Waals surface area contributed by atoms with Gasteiger partial charge in [0.25, 0.3) is 0 Å². The number of piperazine rings is 1. The fourth-order valence-corrected chi connectivity index (χ4v) is 4.56. The third kappa shape index (κ3) is 2.28. The maximum atomic E-state index is 9.16. The highest BCUT2D eigenvalue weighted by Crippen LogP contribution is 2.46. The normalized spacial score (nSPS) is 32.3. The minimum atomic E-state index is 0.450. The Morgan fingerprint density at radius 2 is 1.86 bits per heavy atom. The van der Waals surface area contributed by atoms with Gasteiger partial charge < -0.3 is 4.90 Å². The average Bonchev–Trinajstić information content (AvgIpc) is 3.18. The first kappa shape index (κ1) is 13.0. The molecule has 0 aromatic carbocycles. The first-order valence-corrected chi connectivity index (χ1v) is 8.05. The van der Waals surface area contributed by atoms with E-state index in [1.807, 2.05) is 0 Å². The molecule has 5 heteroatoms. The van der Waals surface area contributed by atoms with Crippen molar-refractivity contribution in [1.82, 2.24) is 14.9 Å². The highest BCUT2D eigenvalue weighted by atomic mass is 15.3.